The van der Waals surface area contributed by atoms with Crippen molar-refractivity contribution in [2.75, 3.05) is 0 Å². The van der Waals surface area contributed by atoms with Crippen LogP contribution >= 0.6 is 0 Å². The van der Waals surface area contributed by atoms with E-state index in [0.29, 0.717) is 5.41 Å². The van der Waals surface area contributed by atoms with E-state index in [1.54, 1.807) is 6.26 Å². The zero-order chi connectivity index (χ0) is 9.60. The van der Waals surface area contributed by atoms with E-state index in [-0.39, 0.29) is 0 Å². The number of allylic oxidation sites excluding steroid dienone is 2. The average molecular weight is 186 g/mol. The van der Waals surface area contributed by atoms with Crippen molar-refractivity contribution in [1.29, 1.82) is 0 Å². The van der Waals surface area contributed by atoms with Gasteiger partial charge in [-0.3, -0.25) is 0 Å². The molecule has 0 saturated heterocycles. The zero-order valence-electron chi connectivity index (χ0n) is 8.20. The van der Waals surface area contributed by atoms with Crippen LogP contribution in [0.3, 0.4) is 0 Å². The van der Waals surface area contributed by atoms with Crippen LogP contribution in [0.2, 0.25) is 0 Å². The highest BCUT2D eigenvalue weighted by molar-refractivity contribution is 5.45. The van der Waals surface area contributed by atoms with Crippen molar-refractivity contribution in [1.82, 2.24) is 0 Å². The minimum Gasteiger partial charge on any atom is -0.465 e. The Morgan fingerprint density at radius 3 is 3.00 bits per heavy atom. The summed E-state index contributed by atoms with van der Waals surface area (Å²) in [6.07, 6.45) is 9.96. The van der Waals surface area contributed by atoms with Crippen molar-refractivity contribution in [2.45, 2.75) is 19.3 Å². The molecule has 1 nitrogen and oxygen atoms in total. The first-order valence-corrected chi connectivity index (χ1v) is 5.17. The molecule has 1 atom stereocenters. The monoisotopic (exact) mass is 186 g/mol. The van der Waals surface area contributed by atoms with Crippen molar-refractivity contribution >= 4 is 6.08 Å². The summed E-state index contributed by atoms with van der Waals surface area (Å²) in [5, 5.41) is 0. The third-order valence-corrected chi connectivity index (χ3v) is 3.49. The summed E-state index contributed by atoms with van der Waals surface area (Å²) in [5.41, 5.74) is 2.05. The maximum Gasteiger partial charge on any atom is 0.126 e. The molecule has 2 saturated carbocycles. The lowest BCUT2D eigenvalue weighted by molar-refractivity contribution is 0.373. The van der Waals surface area contributed by atoms with Gasteiger partial charge in [-0.1, -0.05) is 18.2 Å². The molecule has 72 valence electrons. The quantitative estimate of drug-likeness (QED) is 0.642. The summed E-state index contributed by atoms with van der Waals surface area (Å²) in [6, 6.07) is 3.92. The van der Waals surface area contributed by atoms with Crippen LogP contribution in [-0.2, 0) is 0 Å². The molecule has 0 N–H and O–H groups in total. The topological polar surface area (TPSA) is 13.1 Å². The minimum atomic E-state index is 0.625. The van der Waals surface area contributed by atoms with E-state index < -0.39 is 0 Å². The summed E-state index contributed by atoms with van der Waals surface area (Å²) in [6.45, 7) is 4.00. The van der Waals surface area contributed by atoms with Gasteiger partial charge in [-0.25, -0.2) is 0 Å². The molecule has 1 aromatic rings. The van der Waals surface area contributed by atoms with Crippen LogP contribution in [0, 0.1) is 11.3 Å². The molecule has 2 aliphatic rings. The molecule has 1 heteroatoms. The number of rotatable bonds is 2. The molecule has 0 bridgehead atoms. The lowest BCUT2D eigenvalue weighted by Gasteiger charge is -2.29. The van der Waals surface area contributed by atoms with Crippen molar-refractivity contribution < 1.29 is 4.42 Å². The fourth-order valence-corrected chi connectivity index (χ4v) is 2.60. The molecular formula is C13H14O. The molecular weight excluding hydrogens is 172 g/mol. The number of furan rings is 1. The number of hydrogen-bond acceptors (Lipinski definition) is 1. The van der Waals surface area contributed by atoms with Crippen LogP contribution in [-0.4, -0.2) is 0 Å². The van der Waals surface area contributed by atoms with Gasteiger partial charge >= 0.3 is 0 Å². The fraction of sp³-hybridized carbons (Fsp3) is 0.385. The Balaban J connectivity index is 1.63. The van der Waals surface area contributed by atoms with Gasteiger partial charge in [-0.2, -0.15) is 0 Å². The van der Waals surface area contributed by atoms with E-state index in [2.05, 4.69) is 18.7 Å². The molecule has 2 fully saturated rings. The molecule has 0 amide bonds. The second kappa shape index (κ2) is 2.63. The Kier molecular flexibility index (Phi) is 1.52. The summed E-state index contributed by atoms with van der Waals surface area (Å²) in [7, 11) is 0. The third kappa shape index (κ3) is 1.16. The van der Waals surface area contributed by atoms with Gasteiger partial charge in [0.25, 0.3) is 0 Å². The predicted octanol–water partition coefficient (Wildman–Crippen LogP) is 3.65. The molecule has 3 rings (SSSR count). The average Bonchev–Trinajstić information content (AvgIpc) is 2.62. The Hall–Kier alpha value is -1.24. The molecule has 1 heterocycles. The molecule has 14 heavy (non-hydrogen) atoms. The van der Waals surface area contributed by atoms with E-state index in [4.69, 9.17) is 4.42 Å². The molecule has 0 aromatic carbocycles. The lowest BCUT2D eigenvalue weighted by Crippen LogP contribution is -2.16. The first kappa shape index (κ1) is 8.10. The Labute approximate surface area is 84.1 Å². The minimum absolute atomic E-state index is 0.625. The van der Waals surface area contributed by atoms with Crippen LogP contribution < -0.4 is 0 Å². The van der Waals surface area contributed by atoms with Crippen molar-refractivity contribution in [2.24, 2.45) is 11.3 Å². The van der Waals surface area contributed by atoms with Gasteiger partial charge in [-0.05, 0) is 48.8 Å². The van der Waals surface area contributed by atoms with Gasteiger partial charge < -0.3 is 4.42 Å². The smallest absolute Gasteiger partial charge is 0.126 e. The highest BCUT2D eigenvalue weighted by Crippen LogP contribution is 2.67. The summed E-state index contributed by atoms with van der Waals surface area (Å²) in [4.78, 5) is 0. The Morgan fingerprint density at radius 1 is 1.50 bits per heavy atom. The summed E-state index contributed by atoms with van der Waals surface area (Å²) >= 11 is 0. The summed E-state index contributed by atoms with van der Waals surface area (Å²) in [5.74, 6) is 1.74. The maximum absolute atomic E-state index is 5.25. The molecule has 1 aromatic heterocycles. The van der Waals surface area contributed by atoms with Crippen LogP contribution in [0.1, 0.15) is 25.0 Å². The van der Waals surface area contributed by atoms with Crippen molar-refractivity contribution in [3.05, 3.63) is 42.4 Å². The van der Waals surface area contributed by atoms with Gasteiger partial charge in [0, 0.05) is 0 Å². The number of hydrogen-bond donors (Lipinski definition) is 0. The Morgan fingerprint density at radius 2 is 2.36 bits per heavy atom. The standard InChI is InChI=1S/C13H14O/c1-10-7-13(8-10)9-11(13)4-5-12-3-2-6-14-12/h2-6,11H,1,7-9H2/b5-4+. The third-order valence-electron chi connectivity index (χ3n) is 3.49. The van der Waals surface area contributed by atoms with E-state index in [9.17, 15) is 0 Å². The highest BCUT2D eigenvalue weighted by atomic mass is 16.3. The first-order valence-electron chi connectivity index (χ1n) is 5.17. The van der Waals surface area contributed by atoms with Gasteiger partial charge in [0.15, 0.2) is 0 Å². The van der Waals surface area contributed by atoms with E-state index in [0.717, 1.165) is 11.7 Å². The van der Waals surface area contributed by atoms with E-state index in [1.165, 1.54) is 24.8 Å². The van der Waals surface area contributed by atoms with E-state index in [1.807, 2.05) is 12.1 Å². The predicted molar refractivity (Wildman–Crippen MR) is 56.7 cm³/mol. The lowest BCUT2D eigenvalue weighted by atomic mass is 9.76. The first-order chi connectivity index (χ1) is 6.78. The molecule has 0 aliphatic heterocycles. The zero-order valence-corrected chi connectivity index (χ0v) is 8.20. The molecule has 1 spiro atoms. The van der Waals surface area contributed by atoms with Crippen molar-refractivity contribution in [3.63, 3.8) is 0 Å². The Bertz CT molecular complexity index is 375. The summed E-state index contributed by atoms with van der Waals surface area (Å²) < 4.78 is 5.25. The van der Waals surface area contributed by atoms with Crippen molar-refractivity contribution in [3.8, 4) is 0 Å². The molecule has 1 unspecified atom stereocenters. The fourth-order valence-electron chi connectivity index (χ4n) is 2.60. The van der Waals surface area contributed by atoms with Crippen LogP contribution in [0.15, 0.2) is 41.0 Å². The normalized spacial score (nSPS) is 28.3. The second-order valence-electron chi connectivity index (χ2n) is 4.65. The van der Waals surface area contributed by atoms with Crippen LogP contribution in [0.4, 0.5) is 0 Å². The van der Waals surface area contributed by atoms with Gasteiger partial charge in [0.05, 0.1) is 6.26 Å². The molecule has 0 radical (unpaired) electrons. The van der Waals surface area contributed by atoms with Gasteiger partial charge in [-0.15, -0.1) is 0 Å². The van der Waals surface area contributed by atoms with Crippen LogP contribution in [0.5, 0.6) is 0 Å². The highest BCUT2D eigenvalue weighted by Gasteiger charge is 2.57. The van der Waals surface area contributed by atoms with Gasteiger partial charge in [0.2, 0.25) is 0 Å². The van der Waals surface area contributed by atoms with E-state index >= 15 is 0 Å². The molecule has 2 aliphatic carbocycles. The maximum atomic E-state index is 5.25. The SMILES string of the molecule is C=C1CC2(C1)CC2/C=C/c1ccco1. The van der Waals surface area contributed by atoms with Crippen LogP contribution in [0.25, 0.3) is 6.08 Å². The van der Waals surface area contributed by atoms with Gasteiger partial charge in [0.1, 0.15) is 5.76 Å². The second-order valence-corrected chi connectivity index (χ2v) is 4.65. The largest absolute Gasteiger partial charge is 0.465 e.